The normalized spacial score (nSPS) is 19.6. The van der Waals surface area contributed by atoms with E-state index in [1.165, 1.54) is 0 Å². The van der Waals surface area contributed by atoms with E-state index in [2.05, 4.69) is 37.3 Å². The lowest BCUT2D eigenvalue weighted by molar-refractivity contribution is 0.0118. The maximum atomic E-state index is 16.5. The van der Waals surface area contributed by atoms with Crippen molar-refractivity contribution < 1.29 is 17.9 Å². The minimum atomic E-state index is -2.63. The molecule has 2 fully saturated rings. The maximum absolute atomic E-state index is 16.5. The summed E-state index contributed by atoms with van der Waals surface area (Å²) in [5.41, 5.74) is 2.64. The van der Waals surface area contributed by atoms with Gasteiger partial charge in [-0.25, -0.2) is 13.2 Å². The number of ether oxygens (including phenoxy) is 1. The Morgan fingerprint density at radius 1 is 1.18 bits per heavy atom. The molecule has 8 nitrogen and oxygen atoms in total. The molecule has 2 aliphatic rings. The number of hydrogen-bond acceptors (Lipinski definition) is 7. The largest absolute Gasteiger partial charge is 0.463 e. The molecule has 2 N–H and O–H groups in total. The smallest absolute Gasteiger partial charge is 0.319 e. The number of aromatic nitrogens is 4. The zero-order chi connectivity index (χ0) is 28.0. The molecule has 0 spiro atoms. The lowest BCUT2D eigenvalue weighted by Gasteiger charge is -2.33. The quantitative estimate of drug-likeness (QED) is 0.295. The summed E-state index contributed by atoms with van der Waals surface area (Å²) in [6.07, 6.45) is 2.06. The molecule has 1 atom stereocenters. The van der Waals surface area contributed by atoms with Gasteiger partial charge in [0.2, 0.25) is 0 Å². The molecule has 212 valence electrons. The second kappa shape index (κ2) is 10.7. The number of halogens is 4. The van der Waals surface area contributed by atoms with Gasteiger partial charge in [0.1, 0.15) is 11.3 Å². The van der Waals surface area contributed by atoms with E-state index in [9.17, 15) is 8.78 Å². The fourth-order valence-electron chi connectivity index (χ4n) is 5.73. The molecule has 0 radical (unpaired) electrons. The number of alkyl halides is 2. The molecule has 1 unspecified atom stereocenters. The third kappa shape index (κ3) is 5.17. The molecule has 2 aliphatic heterocycles. The van der Waals surface area contributed by atoms with Crippen molar-refractivity contribution in [3.63, 3.8) is 0 Å². The highest BCUT2D eigenvalue weighted by atomic mass is 35.5. The van der Waals surface area contributed by atoms with E-state index in [1.54, 1.807) is 17.2 Å². The first-order valence-electron chi connectivity index (χ1n) is 13.5. The summed E-state index contributed by atoms with van der Waals surface area (Å²) >= 11 is 6.80. The number of H-pyrrole nitrogens is 1. The van der Waals surface area contributed by atoms with Crippen molar-refractivity contribution in [2.45, 2.75) is 38.7 Å². The second-order valence-corrected chi connectivity index (χ2v) is 11.2. The van der Waals surface area contributed by atoms with Gasteiger partial charge in [-0.2, -0.15) is 15.1 Å². The minimum absolute atomic E-state index is 0.0471. The molecule has 40 heavy (non-hydrogen) atoms. The number of hydrogen-bond donors (Lipinski definition) is 2. The number of aryl methyl sites for hydroxylation is 1. The van der Waals surface area contributed by atoms with Crippen LogP contribution in [0.5, 0.6) is 6.01 Å². The molecule has 2 aromatic heterocycles. The summed E-state index contributed by atoms with van der Waals surface area (Å²) in [5, 5.41) is 12.0. The number of anilines is 1. The molecule has 2 saturated heterocycles. The molecular weight excluding hydrogens is 543 g/mol. The van der Waals surface area contributed by atoms with E-state index in [-0.39, 0.29) is 47.7 Å². The molecule has 12 heteroatoms. The minimum Gasteiger partial charge on any atom is -0.463 e. The van der Waals surface area contributed by atoms with Crippen LogP contribution < -0.4 is 15.0 Å². The summed E-state index contributed by atoms with van der Waals surface area (Å²) < 4.78 is 49.5. The second-order valence-electron chi connectivity index (χ2n) is 10.7. The van der Waals surface area contributed by atoms with E-state index >= 15 is 4.39 Å². The van der Waals surface area contributed by atoms with Gasteiger partial charge < -0.3 is 15.0 Å². The van der Waals surface area contributed by atoms with Crippen LogP contribution >= 0.6 is 11.6 Å². The van der Waals surface area contributed by atoms with Crippen LogP contribution in [0.2, 0.25) is 5.02 Å². The van der Waals surface area contributed by atoms with E-state index in [0.717, 1.165) is 23.0 Å². The van der Waals surface area contributed by atoms with Crippen molar-refractivity contribution in [3.05, 3.63) is 40.8 Å². The predicted octanol–water partition coefficient (Wildman–Crippen LogP) is 5.18. The Morgan fingerprint density at radius 2 is 2.02 bits per heavy atom. The lowest BCUT2D eigenvalue weighted by Crippen LogP contribution is -2.49. The molecule has 4 aromatic rings. The van der Waals surface area contributed by atoms with E-state index < -0.39 is 11.7 Å². The van der Waals surface area contributed by atoms with Crippen molar-refractivity contribution >= 4 is 39.2 Å². The molecule has 4 heterocycles. The third-order valence-corrected chi connectivity index (χ3v) is 7.99. The van der Waals surface area contributed by atoms with Crippen LogP contribution in [0.4, 0.5) is 19.0 Å². The van der Waals surface area contributed by atoms with Crippen LogP contribution in [0.25, 0.3) is 32.9 Å². The van der Waals surface area contributed by atoms with Crippen molar-refractivity contribution in [2.24, 2.45) is 0 Å². The van der Waals surface area contributed by atoms with Crippen LogP contribution in [-0.4, -0.2) is 82.9 Å². The van der Waals surface area contributed by atoms with E-state index in [0.29, 0.717) is 49.4 Å². The van der Waals surface area contributed by atoms with Gasteiger partial charge >= 0.3 is 6.01 Å². The topological polar surface area (TPSA) is 82.2 Å². The fourth-order valence-corrected chi connectivity index (χ4v) is 6.01. The number of aromatic amines is 1. The Bertz CT molecular complexity index is 1560. The van der Waals surface area contributed by atoms with Crippen molar-refractivity contribution in [3.8, 4) is 17.1 Å². The first kappa shape index (κ1) is 27.0. The Hall–Kier alpha value is -3.15. The number of fused-ring (bicyclic) bond motifs is 2. The highest BCUT2D eigenvalue weighted by molar-refractivity contribution is 6.35. The SMILES string of the molecule is Cc1ccc2[nH]ncc2c1-c1c(Cl)cc2c(N3CCNC(C)C3)nc(OCCCN3CCC(F)(F)C3)nc2c1F. The average molecular weight is 574 g/mol. The number of rotatable bonds is 7. The van der Waals surface area contributed by atoms with Gasteiger partial charge in [0.05, 0.1) is 29.9 Å². The number of benzene rings is 2. The lowest BCUT2D eigenvalue weighted by atomic mass is 9.95. The summed E-state index contributed by atoms with van der Waals surface area (Å²) in [6, 6.07) is 5.78. The fraction of sp³-hybridized carbons (Fsp3) is 0.464. The van der Waals surface area contributed by atoms with Crippen LogP contribution in [-0.2, 0) is 0 Å². The van der Waals surface area contributed by atoms with E-state index in [1.807, 2.05) is 19.1 Å². The number of likely N-dealkylation sites (tertiary alicyclic amines) is 1. The molecular formula is C28H31ClF3N7O. The van der Waals surface area contributed by atoms with Gasteiger partial charge in [-0.05, 0) is 38.0 Å². The first-order valence-corrected chi connectivity index (χ1v) is 13.9. The molecule has 0 saturated carbocycles. The molecule has 0 amide bonds. The molecule has 6 rings (SSSR count). The Labute approximate surface area is 234 Å². The third-order valence-electron chi connectivity index (χ3n) is 7.69. The van der Waals surface area contributed by atoms with Crippen molar-refractivity contribution in [1.29, 1.82) is 0 Å². The van der Waals surface area contributed by atoms with Crippen molar-refractivity contribution in [1.82, 2.24) is 30.4 Å². The number of nitrogens with one attached hydrogen (secondary N) is 2. The Kier molecular flexibility index (Phi) is 7.22. The first-order chi connectivity index (χ1) is 19.2. The van der Waals surface area contributed by atoms with Crippen LogP contribution in [0.1, 0.15) is 25.3 Å². The zero-order valence-electron chi connectivity index (χ0n) is 22.4. The van der Waals surface area contributed by atoms with Gasteiger partial charge in [-0.3, -0.25) is 10.00 Å². The maximum Gasteiger partial charge on any atom is 0.319 e. The van der Waals surface area contributed by atoms with Crippen molar-refractivity contribution in [2.75, 3.05) is 50.8 Å². The average Bonchev–Trinajstić information content (AvgIpc) is 3.53. The molecule has 0 aliphatic carbocycles. The summed E-state index contributed by atoms with van der Waals surface area (Å²) in [6.45, 7) is 6.91. The highest BCUT2D eigenvalue weighted by Crippen LogP contribution is 2.42. The summed E-state index contributed by atoms with van der Waals surface area (Å²) in [7, 11) is 0. The van der Waals surface area contributed by atoms with Gasteiger partial charge in [-0.1, -0.05) is 17.7 Å². The van der Waals surface area contributed by atoms with Gasteiger partial charge in [-0.15, -0.1) is 0 Å². The van der Waals surface area contributed by atoms with Gasteiger partial charge in [0, 0.05) is 67.1 Å². The summed E-state index contributed by atoms with van der Waals surface area (Å²) in [4.78, 5) is 13.0. The van der Waals surface area contributed by atoms with Crippen LogP contribution in [0.15, 0.2) is 24.4 Å². The van der Waals surface area contributed by atoms with Crippen LogP contribution in [0, 0.1) is 12.7 Å². The van der Waals surface area contributed by atoms with E-state index in [4.69, 9.17) is 16.3 Å². The zero-order valence-corrected chi connectivity index (χ0v) is 23.2. The Balaban J connectivity index is 1.38. The summed E-state index contributed by atoms with van der Waals surface area (Å²) in [5.74, 6) is -2.64. The monoisotopic (exact) mass is 573 g/mol. The highest BCUT2D eigenvalue weighted by Gasteiger charge is 2.37. The molecule has 0 bridgehead atoms. The standard InChI is InChI=1S/C28H31ClF3N7O/c1-16-4-5-21-19(13-34-37-21)22(16)23-20(29)12-18-25(24(23)30)35-27(36-26(18)39-10-7-33-17(2)14-39)40-11-3-8-38-9-6-28(31,32)15-38/h4-5,12-13,17,33H,3,6-11,14-15H2,1-2H3,(H,34,37). The van der Waals surface area contributed by atoms with Gasteiger partial charge in [0.25, 0.3) is 5.92 Å². The predicted molar refractivity (Wildman–Crippen MR) is 150 cm³/mol. The van der Waals surface area contributed by atoms with Crippen LogP contribution in [0.3, 0.4) is 0 Å². The number of nitrogens with zero attached hydrogens (tertiary/aromatic N) is 5. The number of piperazine rings is 1. The molecule has 2 aromatic carbocycles. The Morgan fingerprint density at radius 3 is 2.80 bits per heavy atom. The van der Waals surface area contributed by atoms with Gasteiger partial charge in [0.15, 0.2) is 5.82 Å².